The number of hydrogen-bond donors (Lipinski definition) is 3. The first-order valence-corrected chi connectivity index (χ1v) is 7.47. The Labute approximate surface area is 124 Å². The third kappa shape index (κ3) is 3.34. The molecule has 4 nitrogen and oxygen atoms in total. The smallest absolute Gasteiger partial charge is 0.319 e. The molecule has 0 aromatic heterocycles. The summed E-state index contributed by atoms with van der Waals surface area (Å²) in [4.78, 5) is 12.0. The second-order valence-electron chi connectivity index (χ2n) is 5.62. The molecular formula is C17H20N2O2. The van der Waals surface area contributed by atoms with Crippen LogP contribution in [0.15, 0.2) is 42.5 Å². The van der Waals surface area contributed by atoms with Crippen LogP contribution in [0.5, 0.6) is 0 Å². The van der Waals surface area contributed by atoms with E-state index in [1.165, 1.54) is 0 Å². The van der Waals surface area contributed by atoms with Crippen molar-refractivity contribution < 1.29 is 9.90 Å². The predicted molar refractivity (Wildman–Crippen MR) is 84.4 cm³/mol. The highest BCUT2D eigenvalue weighted by Gasteiger charge is 2.24. The van der Waals surface area contributed by atoms with Gasteiger partial charge in [-0.05, 0) is 35.7 Å². The van der Waals surface area contributed by atoms with Gasteiger partial charge in [0.15, 0.2) is 0 Å². The number of aliphatic hydroxyl groups is 1. The lowest BCUT2D eigenvalue weighted by Gasteiger charge is -2.28. The number of nitrogens with one attached hydrogen (secondary N) is 2. The number of hydrogen-bond acceptors (Lipinski definition) is 2. The number of carbonyl (C=O) groups excluding carboxylic acids is 1. The van der Waals surface area contributed by atoms with Crippen molar-refractivity contribution in [3.05, 3.63) is 42.5 Å². The first-order valence-electron chi connectivity index (χ1n) is 7.47. The standard InChI is InChI=1S/C17H20N2O2/c20-16-8-4-3-7-15(16)19-17(21)18-14-10-9-12-5-1-2-6-13(12)11-14/h1-2,5-6,9-11,15-16,20H,3-4,7-8H2,(H2,18,19,21). The van der Waals surface area contributed by atoms with Crippen LogP contribution in [0.3, 0.4) is 0 Å². The molecule has 1 aliphatic carbocycles. The number of carbonyl (C=O) groups is 1. The van der Waals surface area contributed by atoms with Crippen molar-refractivity contribution in [2.75, 3.05) is 5.32 Å². The van der Waals surface area contributed by atoms with Gasteiger partial charge < -0.3 is 15.7 Å². The normalized spacial score (nSPS) is 22.0. The van der Waals surface area contributed by atoms with Crippen molar-refractivity contribution in [3.63, 3.8) is 0 Å². The number of aliphatic hydroxyl groups excluding tert-OH is 1. The number of rotatable bonds is 2. The van der Waals surface area contributed by atoms with Crippen LogP contribution in [0.25, 0.3) is 10.8 Å². The summed E-state index contributed by atoms with van der Waals surface area (Å²) in [5, 5.41) is 17.8. The predicted octanol–water partition coefficient (Wildman–Crippen LogP) is 3.26. The van der Waals surface area contributed by atoms with Crippen LogP contribution in [0.4, 0.5) is 10.5 Å². The van der Waals surface area contributed by atoms with Crippen molar-refractivity contribution in [2.24, 2.45) is 0 Å². The van der Waals surface area contributed by atoms with Gasteiger partial charge in [0.2, 0.25) is 0 Å². The SMILES string of the molecule is O=C(Nc1ccc2ccccc2c1)NC1CCCCC1O. The van der Waals surface area contributed by atoms with Crippen LogP contribution in [0, 0.1) is 0 Å². The molecule has 0 spiro atoms. The van der Waals surface area contributed by atoms with Crippen molar-refractivity contribution in [1.29, 1.82) is 0 Å². The van der Waals surface area contributed by atoms with E-state index in [9.17, 15) is 9.90 Å². The molecule has 1 saturated carbocycles. The second-order valence-corrected chi connectivity index (χ2v) is 5.62. The Morgan fingerprint density at radius 3 is 2.62 bits per heavy atom. The van der Waals surface area contributed by atoms with E-state index >= 15 is 0 Å². The van der Waals surface area contributed by atoms with Crippen LogP contribution in [-0.2, 0) is 0 Å². The average Bonchev–Trinajstić information content (AvgIpc) is 2.49. The zero-order chi connectivity index (χ0) is 14.7. The molecule has 1 fully saturated rings. The topological polar surface area (TPSA) is 61.4 Å². The van der Waals surface area contributed by atoms with Crippen molar-refractivity contribution >= 4 is 22.5 Å². The molecule has 0 aliphatic heterocycles. The molecule has 2 amide bonds. The lowest BCUT2D eigenvalue weighted by molar-refractivity contribution is 0.0955. The Hall–Kier alpha value is -2.07. The third-order valence-electron chi connectivity index (χ3n) is 4.05. The van der Waals surface area contributed by atoms with Crippen molar-refractivity contribution in [2.45, 2.75) is 37.8 Å². The van der Waals surface area contributed by atoms with Crippen LogP contribution in [0.1, 0.15) is 25.7 Å². The molecule has 4 heteroatoms. The van der Waals surface area contributed by atoms with Crippen LogP contribution in [0.2, 0.25) is 0 Å². The summed E-state index contributed by atoms with van der Waals surface area (Å²) in [7, 11) is 0. The number of urea groups is 1. The molecule has 3 N–H and O–H groups in total. The molecule has 1 aliphatic rings. The highest BCUT2D eigenvalue weighted by Crippen LogP contribution is 2.20. The molecule has 2 aromatic rings. The average molecular weight is 284 g/mol. The summed E-state index contributed by atoms with van der Waals surface area (Å²) in [6, 6.07) is 13.5. The summed E-state index contributed by atoms with van der Waals surface area (Å²) < 4.78 is 0. The van der Waals surface area contributed by atoms with Crippen molar-refractivity contribution in [3.8, 4) is 0 Å². The molecule has 2 aromatic carbocycles. The molecule has 110 valence electrons. The highest BCUT2D eigenvalue weighted by atomic mass is 16.3. The minimum Gasteiger partial charge on any atom is -0.391 e. The van der Waals surface area contributed by atoms with Crippen LogP contribution >= 0.6 is 0 Å². The van der Waals surface area contributed by atoms with E-state index in [1.54, 1.807) is 0 Å². The van der Waals surface area contributed by atoms with Gasteiger partial charge in [-0.3, -0.25) is 0 Å². The number of amides is 2. The quantitative estimate of drug-likeness (QED) is 0.792. The maximum atomic E-state index is 12.0. The number of fused-ring (bicyclic) bond motifs is 1. The van der Waals surface area contributed by atoms with Gasteiger partial charge in [-0.1, -0.05) is 43.2 Å². The fourth-order valence-corrected chi connectivity index (χ4v) is 2.88. The van der Waals surface area contributed by atoms with E-state index in [2.05, 4.69) is 10.6 Å². The molecule has 21 heavy (non-hydrogen) atoms. The highest BCUT2D eigenvalue weighted by molar-refractivity contribution is 5.93. The first kappa shape index (κ1) is 13.9. The zero-order valence-corrected chi connectivity index (χ0v) is 11.9. The maximum absolute atomic E-state index is 12.0. The molecule has 3 rings (SSSR count). The van der Waals surface area contributed by atoms with Gasteiger partial charge >= 0.3 is 6.03 Å². The monoisotopic (exact) mass is 284 g/mol. The van der Waals surface area contributed by atoms with Gasteiger partial charge in [-0.25, -0.2) is 4.79 Å². The Bertz CT molecular complexity index is 641. The second kappa shape index (κ2) is 6.14. The zero-order valence-electron chi connectivity index (χ0n) is 11.9. The number of anilines is 1. The molecule has 2 unspecified atom stereocenters. The van der Waals surface area contributed by atoms with Gasteiger partial charge in [0.05, 0.1) is 12.1 Å². The minimum absolute atomic E-state index is 0.140. The van der Waals surface area contributed by atoms with Gasteiger partial charge in [0, 0.05) is 5.69 Å². The summed E-state index contributed by atoms with van der Waals surface area (Å²) >= 11 is 0. The largest absolute Gasteiger partial charge is 0.391 e. The summed E-state index contributed by atoms with van der Waals surface area (Å²) in [5.41, 5.74) is 0.761. The molecule has 2 atom stereocenters. The van der Waals surface area contributed by atoms with E-state index in [-0.39, 0.29) is 12.1 Å². The number of benzene rings is 2. The third-order valence-corrected chi connectivity index (χ3v) is 4.05. The maximum Gasteiger partial charge on any atom is 0.319 e. The van der Waals surface area contributed by atoms with E-state index in [0.717, 1.165) is 42.1 Å². The Morgan fingerprint density at radius 2 is 1.81 bits per heavy atom. The van der Waals surface area contributed by atoms with E-state index < -0.39 is 6.10 Å². The molecule has 0 bridgehead atoms. The summed E-state index contributed by atoms with van der Waals surface area (Å²) in [6.07, 6.45) is 3.26. The van der Waals surface area contributed by atoms with E-state index in [0.29, 0.717) is 0 Å². The fraction of sp³-hybridized carbons (Fsp3) is 0.353. The summed E-state index contributed by atoms with van der Waals surface area (Å²) in [5.74, 6) is 0. The minimum atomic E-state index is -0.430. The lowest BCUT2D eigenvalue weighted by atomic mass is 9.93. The van der Waals surface area contributed by atoms with E-state index in [1.807, 2.05) is 42.5 Å². The molecular weight excluding hydrogens is 264 g/mol. The molecule has 0 saturated heterocycles. The van der Waals surface area contributed by atoms with Crippen molar-refractivity contribution in [1.82, 2.24) is 5.32 Å². The Morgan fingerprint density at radius 1 is 1.05 bits per heavy atom. The fourth-order valence-electron chi connectivity index (χ4n) is 2.88. The van der Waals surface area contributed by atoms with Gasteiger partial charge in [-0.15, -0.1) is 0 Å². The first-order chi connectivity index (χ1) is 10.2. The molecule has 0 radical (unpaired) electrons. The Balaban J connectivity index is 1.65. The van der Waals surface area contributed by atoms with Crippen LogP contribution in [-0.4, -0.2) is 23.3 Å². The van der Waals surface area contributed by atoms with Gasteiger partial charge in [0.1, 0.15) is 0 Å². The van der Waals surface area contributed by atoms with Gasteiger partial charge in [-0.2, -0.15) is 0 Å². The Kier molecular flexibility index (Phi) is 4.06. The summed E-state index contributed by atoms with van der Waals surface area (Å²) in [6.45, 7) is 0. The van der Waals surface area contributed by atoms with Gasteiger partial charge in [0.25, 0.3) is 0 Å². The van der Waals surface area contributed by atoms with Crippen LogP contribution < -0.4 is 10.6 Å². The van der Waals surface area contributed by atoms with E-state index in [4.69, 9.17) is 0 Å². The molecule has 0 heterocycles. The lowest BCUT2D eigenvalue weighted by Crippen LogP contribution is -2.46.